The van der Waals surface area contributed by atoms with Crippen molar-refractivity contribution < 1.29 is 9.53 Å². The first kappa shape index (κ1) is 23.3. The number of pyridine rings is 1. The van der Waals surface area contributed by atoms with Crippen molar-refractivity contribution in [1.29, 1.82) is 0 Å². The molecule has 3 heterocycles. The molecule has 1 fully saturated rings. The number of hydrogen-bond acceptors (Lipinski definition) is 6. The van der Waals surface area contributed by atoms with E-state index >= 15 is 0 Å². The van der Waals surface area contributed by atoms with Gasteiger partial charge >= 0.3 is 0 Å². The maximum Gasteiger partial charge on any atom is 0.257 e. The maximum atomic E-state index is 11.6. The minimum Gasteiger partial charge on any atom is -0.483 e. The van der Waals surface area contributed by atoms with Crippen LogP contribution in [0.5, 0.6) is 5.75 Å². The average Bonchev–Trinajstić information content (AvgIpc) is 3.42. The van der Waals surface area contributed by atoms with Crippen LogP contribution < -0.4 is 15.4 Å². The number of carbonyl (C=O) groups is 1. The molecule has 0 aliphatic carbocycles. The van der Waals surface area contributed by atoms with Crippen molar-refractivity contribution in [3.63, 3.8) is 0 Å². The van der Waals surface area contributed by atoms with E-state index in [1.165, 1.54) is 0 Å². The van der Waals surface area contributed by atoms with E-state index in [0.717, 1.165) is 47.4 Å². The number of anilines is 1. The fourth-order valence-electron chi connectivity index (χ4n) is 4.31. The van der Waals surface area contributed by atoms with Crippen LogP contribution in [0.4, 0.5) is 5.69 Å². The molecule has 9 heteroatoms. The summed E-state index contributed by atoms with van der Waals surface area (Å²) in [6.07, 6.45) is 2.72. The predicted octanol–water partition coefficient (Wildman–Crippen LogP) is 3.91. The standard InChI is InChI=1S/C24H31ClN6O2/c1-13(2)31-7-6-17(11-31)28-20-18(25)10-27-24-21(20)29-23(30-24)16-8-14(3)22(15(4)9-16)33-12-19(32)26-5/h8-10,13,17H,6-7,11-12H2,1-5H3,(H,26,32)(H2,27,28,29,30)/t17-/m0/s1. The highest BCUT2D eigenvalue weighted by Gasteiger charge is 2.26. The molecule has 1 aromatic carbocycles. The van der Waals surface area contributed by atoms with E-state index in [4.69, 9.17) is 21.3 Å². The van der Waals surface area contributed by atoms with Crippen molar-refractivity contribution in [1.82, 2.24) is 25.2 Å². The number of nitrogens with zero attached hydrogens (tertiary/aromatic N) is 3. The SMILES string of the molecule is CNC(=O)COc1c(C)cc(-c2nc3c(N[C@H]4CCN(C(C)C)C4)c(Cl)cnc3[nH]2)cc1C. The van der Waals surface area contributed by atoms with E-state index in [1.807, 2.05) is 26.0 Å². The van der Waals surface area contributed by atoms with Gasteiger partial charge in [0, 0.05) is 37.8 Å². The second-order valence-corrected chi connectivity index (χ2v) is 9.29. The number of imidazole rings is 1. The van der Waals surface area contributed by atoms with Crippen LogP contribution in [-0.2, 0) is 4.79 Å². The summed E-state index contributed by atoms with van der Waals surface area (Å²) in [5.41, 5.74) is 5.02. The Morgan fingerprint density at radius 1 is 1.33 bits per heavy atom. The number of ether oxygens (including phenoxy) is 1. The molecule has 0 unspecified atom stereocenters. The topological polar surface area (TPSA) is 95.2 Å². The summed E-state index contributed by atoms with van der Waals surface area (Å²) >= 11 is 6.54. The molecule has 3 N–H and O–H groups in total. The van der Waals surface area contributed by atoms with Crippen molar-refractivity contribution in [2.45, 2.75) is 46.2 Å². The summed E-state index contributed by atoms with van der Waals surface area (Å²) in [5, 5.41) is 6.74. The minimum absolute atomic E-state index is 0.0188. The Morgan fingerprint density at radius 2 is 2.06 bits per heavy atom. The van der Waals surface area contributed by atoms with E-state index in [0.29, 0.717) is 34.3 Å². The Balaban J connectivity index is 1.62. The monoisotopic (exact) mass is 470 g/mol. The van der Waals surface area contributed by atoms with E-state index in [2.05, 4.69) is 39.3 Å². The molecule has 3 aromatic rings. The highest BCUT2D eigenvalue weighted by Crippen LogP contribution is 2.34. The zero-order valence-electron chi connectivity index (χ0n) is 19.8. The lowest BCUT2D eigenvalue weighted by molar-refractivity contribution is -0.122. The highest BCUT2D eigenvalue weighted by molar-refractivity contribution is 6.34. The third-order valence-corrected chi connectivity index (χ3v) is 6.41. The lowest BCUT2D eigenvalue weighted by Gasteiger charge is -2.21. The number of hydrogen-bond donors (Lipinski definition) is 3. The number of fused-ring (bicyclic) bond motifs is 1. The smallest absolute Gasteiger partial charge is 0.257 e. The number of likely N-dealkylation sites (tertiary alicyclic amines) is 1. The highest BCUT2D eigenvalue weighted by atomic mass is 35.5. The molecule has 1 saturated heterocycles. The summed E-state index contributed by atoms with van der Waals surface area (Å²) < 4.78 is 5.72. The van der Waals surface area contributed by atoms with Gasteiger partial charge in [0.2, 0.25) is 0 Å². The molecule has 176 valence electrons. The number of nitrogens with one attached hydrogen (secondary N) is 3. The molecule has 1 amide bonds. The van der Waals surface area contributed by atoms with Gasteiger partial charge in [0.15, 0.2) is 12.3 Å². The van der Waals surface area contributed by atoms with Crippen molar-refractivity contribution in [3.05, 3.63) is 34.5 Å². The van der Waals surface area contributed by atoms with E-state index in [9.17, 15) is 4.79 Å². The number of likely N-dealkylation sites (N-methyl/N-ethyl adjacent to an activating group) is 1. The lowest BCUT2D eigenvalue weighted by atomic mass is 10.1. The summed E-state index contributed by atoms with van der Waals surface area (Å²) in [7, 11) is 1.59. The van der Waals surface area contributed by atoms with E-state index in [-0.39, 0.29) is 12.5 Å². The quantitative estimate of drug-likeness (QED) is 0.484. The average molecular weight is 471 g/mol. The first-order valence-electron chi connectivity index (χ1n) is 11.3. The van der Waals surface area contributed by atoms with Crippen LogP contribution in [0.1, 0.15) is 31.4 Å². The molecular weight excluding hydrogens is 440 g/mol. The summed E-state index contributed by atoms with van der Waals surface area (Å²) in [6, 6.07) is 4.83. The van der Waals surface area contributed by atoms with Gasteiger partial charge in [-0.05, 0) is 57.4 Å². The number of aryl methyl sites for hydroxylation is 2. The number of amides is 1. The van der Waals surface area contributed by atoms with Gasteiger partial charge in [-0.15, -0.1) is 0 Å². The fourth-order valence-corrected chi connectivity index (χ4v) is 4.50. The summed E-state index contributed by atoms with van der Waals surface area (Å²) in [6.45, 7) is 10.4. The number of halogens is 1. The summed E-state index contributed by atoms with van der Waals surface area (Å²) in [5.74, 6) is 1.25. The molecule has 1 aliphatic heterocycles. The molecule has 0 spiro atoms. The number of H-pyrrole nitrogens is 1. The predicted molar refractivity (Wildman–Crippen MR) is 132 cm³/mol. The van der Waals surface area contributed by atoms with Crippen molar-refractivity contribution >= 4 is 34.4 Å². The second kappa shape index (κ2) is 9.57. The Kier molecular flexibility index (Phi) is 6.76. The van der Waals surface area contributed by atoms with Crippen molar-refractivity contribution in [2.75, 3.05) is 32.1 Å². The molecule has 0 bridgehead atoms. The molecule has 0 radical (unpaired) electrons. The Labute approximate surface area is 199 Å². The van der Waals surface area contributed by atoms with Crippen molar-refractivity contribution in [3.8, 4) is 17.1 Å². The number of carbonyl (C=O) groups excluding carboxylic acids is 1. The molecule has 1 aliphatic rings. The Bertz CT molecular complexity index is 1150. The maximum absolute atomic E-state index is 11.6. The molecule has 8 nitrogen and oxygen atoms in total. The van der Waals surface area contributed by atoms with Gasteiger partial charge in [-0.2, -0.15) is 0 Å². The number of aromatic amines is 1. The van der Waals surface area contributed by atoms with E-state index in [1.54, 1.807) is 13.2 Å². The number of aromatic nitrogens is 3. The normalized spacial score (nSPS) is 16.5. The largest absolute Gasteiger partial charge is 0.483 e. The van der Waals surface area contributed by atoms with Gasteiger partial charge < -0.3 is 20.4 Å². The molecule has 2 aromatic heterocycles. The third-order valence-electron chi connectivity index (χ3n) is 6.13. The van der Waals surface area contributed by atoms with Gasteiger partial charge in [-0.25, -0.2) is 9.97 Å². The fraction of sp³-hybridized carbons (Fsp3) is 0.458. The Morgan fingerprint density at radius 3 is 2.70 bits per heavy atom. The number of benzene rings is 1. The van der Waals surface area contributed by atoms with Crippen LogP contribution in [0.3, 0.4) is 0 Å². The zero-order chi connectivity index (χ0) is 23.7. The molecule has 33 heavy (non-hydrogen) atoms. The van der Waals surface area contributed by atoms with Crippen LogP contribution in [0.25, 0.3) is 22.6 Å². The van der Waals surface area contributed by atoms with Crippen LogP contribution in [-0.4, -0.2) is 64.6 Å². The van der Waals surface area contributed by atoms with Crippen LogP contribution >= 0.6 is 11.6 Å². The van der Waals surface area contributed by atoms with E-state index < -0.39 is 0 Å². The van der Waals surface area contributed by atoms with Crippen LogP contribution in [0.15, 0.2) is 18.3 Å². The van der Waals surface area contributed by atoms with Crippen LogP contribution in [0, 0.1) is 13.8 Å². The Hall–Kier alpha value is -2.84. The molecule has 0 saturated carbocycles. The van der Waals surface area contributed by atoms with Gasteiger partial charge in [-0.1, -0.05) is 11.6 Å². The van der Waals surface area contributed by atoms with Crippen LogP contribution in [0.2, 0.25) is 5.02 Å². The first-order valence-corrected chi connectivity index (χ1v) is 11.6. The van der Waals surface area contributed by atoms with Crippen molar-refractivity contribution in [2.24, 2.45) is 0 Å². The zero-order valence-corrected chi connectivity index (χ0v) is 20.5. The molecular formula is C24H31ClN6O2. The van der Waals surface area contributed by atoms with Gasteiger partial charge in [0.05, 0.1) is 16.9 Å². The third kappa shape index (κ3) is 4.91. The lowest BCUT2D eigenvalue weighted by Crippen LogP contribution is -2.31. The summed E-state index contributed by atoms with van der Waals surface area (Å²) in [4.78, 5) is 26.7. The van der Waals surface area contributed by atoms with Gasteiger partial charge in [-0.3, -0.25) is 9.69 Å². The first-order chi connectivity index (χ1) is 15.8. The molecule has 4 rings (SSSR count). The second-order valence-electron chi connectivity index (χ2n) is 8.88. The molecule has 1 atom stereocenters. The minimum atomic E-state index is -0.170. The van der Waals surface area contributed by atoms with Gasteiger partial charge in [0.25, 0.3) is 5.91 Å². The van der Waals surface area contributed by atoms with Gasteiger partial charge in [0.1, 0.15) is 17.1 Å². The number of rotatable bonds is 7.